The average molecular weight is 234 g/mol. The zero-order chi connectivity index (χ0) is 13.1. The van der Waals surface area contributed by atoms with Crippen LogP contribution in [-0.2, 0) is 23.1 Å². The molecule has 0 aliphatic heterocycles. The van der Waals surface area contributed by atoms with Gasteiger partial charge in [0.25, 0.3) is 0 Å². The van der Waals surface area contributed by atoms with Crippen molar-refractivity contribution in [2.75, 3.05) is 0 Å². The summed E-state index contributed by atoms with van der Waals surface area (Å²) in [5, 5.41) is 9.04. The monoisotopic (exact) mass is 234 g/mol. The van der Waals surface area contributed by atoms with E-state index in [0.717, 1.165) is 12.8 Å². The summed E-state index contributed by atoms with van der Waals surface area (Å²) in [5.41, 5.74) is 3.47. The minimum absolute atomic E-state index is 0.178. The first-order chi connectivity index (χ1) is 7.92. The van der Waals surface area contributed by atoms with Crippen LogP contribution in [0.4, 0.5) is 0 Å². The Kier molecular flexibility index (Phi) is 4.33. The minimum atomic E-state index is -0.733. The van der Waals surface area contributed by atoms with Gasteiger partial charge in [-0.1, -0.05) is 45.9 Å². The number of carbonyl (C=O) groups is 1. The van der Waals surface area contributed by atoms with Gasteiger partial charge in [-0.2, -0.15) is 0 Å². The number of aliphatic carboxylic acids is 1. The van der Waals surface area contributed by atoms with E-state index in [4.69, 9.17) is 5.11 Å². The number of carboxylic acids is 1. The van der Waals surface area contributed by atoms with Crippen LogP contribution in [0.1, 0.15) is 50.8 Å². The van der Waals surface area contributed by atoms with Crippen LogP contribution in [0.2, 0.25) is 0 Å². The third kappa shape index (κ3) is 3.09. The van der Waals surface area contributed by atoms with Gasteiger partial charge in [-0.3, -0.25) is 4.79 Å². The van der Waals surface area contributed by atoms with Gasteiger partial charge in [0.15, 0.2) is 0 Å². The predicted octanol–water partition coefficient (Wildman–Crippen LogP) is 3.56. The molecular weight excluding hydrogens is 212 g/mol. The molecule has 0 amide bonds. The summed E-state index contributed by atoms with van der Waals surface area (Å²) in [6.07, 6.45) is 2.08. The molecular formula is C15H22O2. The molecule has 1 rings (SSSR count). The van der Waals surface area contributed by atoms with Crippen molar-refractivity contribution in [3.8, 4) is 0 Å². The molecule has 0 unspecified atom stereocenters. The standard InChI is InChI=1S/C15H22O2/c1-5-11-8-7-9-12(6-2)14(11)15(3,4)10-13(16)17/h7-9H,5-6,10H2,1-4H3,(H,16,17). The van der Waals surface area contributed by atoms with Gasteiger partial charge >= 0.3 is 5.97 Å². The van der Waals surface area contributed by atoms with E-state index in [0.29, 0.717) is 0 Å². The van der Waals surface area contributed by atoms with Gasteiger partial charge in [0.1, 0.15) is 0 Å². The van der Waals surface area contributed by atoms with Gasteiger partial charge < -0.3 is 5.11 Å². The van der Waals surface area contributed by atoms with Gasteiger partial charge in [-0.15, -0.1) is 0 Å². The molecule has 94 valence electrons. The second kappa shape index (κ2) is 5.35. The molecule has 0 aliphatic carbocycles. The maximum atomic E-state index is 11.0. The summed E-state index contributed by atoms with van der Waals surface area (Å²) in [7, 11) is 0. The largest absolute Gasteiger partial charge is 0.481 e. The van der Waals surface area contributed by atoms with E-state index in [-0.39, 0.29) is 11.8 Å². The normalized spacial score (nSPS) is 11.5. The number of carboxylic acid groups (broad SMARTS) is 1. The highest BCUT2D eigenvalue weighted by Gasteiger charge is 2.28. The Morgan fingerprint density at radius 2 is 1.65 bits per heavy atom. The summed E-state index contributed by atoms with van der Waals surface area (Å²) < 4.78 is 0. The van der Waals surface area contributed by atoms with Crippen molar-refractivity contribution < 1.29 is 9.90 Å². The highest BCUT2D eigenvalue weighted by molar-refractivity contribution is 5.69. The first kappa shape index (κ1) is 13.8. The lowest BCUT2D eigenvalue weighted by Gasteiger charge is -2.28. The fraction of sp³-hybridized carbons (Fsp3) is 0.533. The molecule has 0 aliphatic rings. The van der Waals surface area contributed by atoms with Crippen molar-refractivity contribution in [2.45, 2.75) is 52.4 Å². The average Bonchev–Trinajstić information content (AvgIpc) is 2.26. The highest BCUT2D eigenvalue weighted by Crippen LogP contribution is 2.33. The predicted molar refractivity (Wildman–Crippen MR) is 70.5 cm³/mol. The van der Waals surface area contributed by atoms with Crippen LogP contribution >= 0.6 is 0 Å². The maximum absolute atomic E-state index is 11.0. The topological polar surface area (TPSA) is 37.3 Å². The van der Waals surface area contributed by atoms with E-state index in [1.54, 1.807) is 0 Å². The van der Waals surface area contributed by atoms with Crippen molar-refractivity contribution in [3.63, 3.8) is 0 Å². The van der Waals surface area contributed by atoms with E-state index in [1.165, 1.54) is 16.7 Å². The zero-order valence-corrected chi connectivity index (χ0v) is 11.2. The molecule has 0 atom stereocenters. The number of aryl methyl sites for hydroxylation is 2. The lowest BCUT2D eigenvalue weighted by molar-refractivity contribution is -0.138. The molecule has 2 nitrogen and oxygen atoms in total. The van der Waals surface area contributed by atoms with E-state index < -0.39 is 5.97 Å². The molecule has 0 aromatic heterocycles. The zero-order valence-electron chi connectivity index (χ0n) is 11.2. The van der Waals surface area contributed by atoms with Crippen LogP contribution in [0.15, 0.2) is 18.2 Å². The minimum Gasteiger partial charge on any atom is -0.481 e. The molecule has 1 aromatic carbocycles. The number of benzene rings is 1. The Morgan fingerprint density at radius 1 is 1.18 bits per heavy atom. The van der Waals surface area contributed by atoms with Gasteiger partial charge in [-0.05, 0) is 29.5 Å². The van der Waals surface area contributed by atoms with Crippen LogP contribution in [0.3, 0.4) is 0 Å². The molecule has 0 radical (unpaired) electrons. The number of hydrogen-bond donors (Lipinski definition) is 1. The SMILES string of the molecule is CCc1cccc(CC)c1C(C)(C)CC(=O)O. The van der Waals surface area contributed by atoms with Crippen LogP contribution in [0.5, 0.6) is 0 Å². The molecule has 0 spiro atoms. The summed E-state index contributed by atoms with van der Waals surface area (Å²) in [6, 6.07) is 6.29. The maximum Gasteiger partial charge on any atom is 0.304 e. The fourth-order valence-corrected chi connectivity index (χ4v) is 2.58. The first-order valence-corrected chi connectivity index (χ1v) is 6.25. The van der Waals surface area contributed by atoms with Crippen LogP contribution in [0, 0.1) is 0 Å². The second-order valence-corrected chi connectivity index (χ2v) is 5.11. The molecule has 0 saturated carbocycles. The molecule has 0 heterocycles. The van der Waals surface area contributed by atoms with E-state index in [9.17, 15) is 4.79 Å². The molecule has 1 aromatic rings. The van der Waals surface area contributed by atoms with E-state index in [2.05, 4.69) is 32.0 Å². The summed E-state index contributed by atoms with van der Waals surface area (Å²) in [4.78, 5) is 11.0. The second-order valence-electron chi connectivity index (χ2n) is 5.11. The Hall–Kier alpha value is -1.31. The van der Waals surface area contributed by atoms with Crippen molar-refractivity contribution in [1.29, 1.82) is 0 Å². The third-order valence-corrected chi connectivity index (χ3v) is 3.27. The summed E-state index contributed by atoms with van der Waals surface area (Å²) >= 11 is 0. The van der Waals surface area contributed by atoms with E-state index >= 15 is 0 Å². The van der Waals surface area contributed by atoms with E-state index in [1.807, 2.05) is 13.8 Å². The van der Waals surface area contributed by atoms with Crippen molar-refractivity contribution >= 4 is 5.97 Å². The summed E-state index contributed by atoms with van der Waals surface area (Å²) in [6.45, 7) is 8.29. The number of rotatable bonds is 5. The molecule has 2 heteroatoms. The molecule has 0 bridgehead atoms. The highest BCUT2D eigenvalue weighted by atomic mass is 16.4. The molecule has 0 fully saturated rings. The lowest BCUT2D eigenvalue weighted by Crippen LogP contribution is -2.25. The smallest absolute Gasteiger partial charge is 0.304 e. The Balaban J connectivity index is 3.30. The molecule has 1 N–H and O–H groups in total. The summed E-state index contributed by atoms with van der Waals surface area (Å²) in [5.74, 6) is -0.733. The lowest BCUT2D eigenvalue weighted by atomic mass is 9.75. The first-order valence-electron chi connectivity index (χ1n) is 6.25. The van der Waals surface area contributed by atoms with Gasteiger partial charge in [0.2, 0.25) is 0 Å². The Morgan fingerprint density at radius 3 is 2.00 bits per heavy atom. The molecule has 17 heavy (non-hydrogen) atoms. The van der Waals surface area contributed by atoms with Crippen molar-refractivity contribution in [2.24, 2.45) is 0 Å². The van der Waals surface area contributed by atoms with Crippen LogP contribution < -0.4 is 0 Å². The van der Waals surface area contributed by atoms with Gasteiger partial charge in [0.05, 0.1) is 6.42 Å². The van der Waals surface area contributed by atoms with Crippen molar-refractivity contribution in [3.05, 3.63) is 34.9 Å². The van der Waals surface area contributed by atoms with Crippen molar-refractivity contribution in [1.82, 2.24) is 0 Å². The van der Waals surface area contributed by atoms with Crippen LogP contribution in [-0.4, -0.2) is 11.1 Å². The van der Waals surface area contributed by atoms with Gasteiger partial charge in [-0.25, -0.2) is 0 Å². The Labute approximate surface area is 104 Å². The number of hydrogen-bond acceptors (Lipinski definition) is 1. The Bertz CT molecular complexity index is 383. The fourth-order valence-electron chi connectivity index (χ4n) is 2.58. The quantitative estimate of drug-likeness (QED) is 0.845. The van der Waals surface area contributed by atoms with Gasteiger partial charge in [0, 0.05) is 5.41 Å². The molecule has 0 saturated heterocycles. The third-order valence-electron chi connectivity index (χ3n) is 3.27. The van der Waals surface area contributed by atoms with Crippen LogP contribution in [0.25, 0.3) is 0 Å².